The van der Waals surface area contributed by atoms with Crippen LogP contribution in [0.1, 0.15) is 0 Å². The minimum absolute atomic E-state index is 0. The van der Waals surface area contributed by atoms with Crippen molar-refractivity contribution in [2.45, 2.75) is 0 Å². The van der Waals surface area contributed by atoms with Crippen LogP contribution in [0.5, 0.6) is 0 Å². The van der Waals surface area contributed by atoms with Gasteiger partial charge < -0.3 is 0 Å². The van der Waals surface area contributed by atoms with Crippen molar-refractivity contribution in [2.75, 3.05) is 0 Å². The number of rotatable bonds is 0. The van der Waals surface area contributed by atoms with E-state index in [1.54, 1.807) is 0 Å². The van der Waals surface area contributed by atoms with Gasteiger partial charge in [-0.3, -0.25) is 5.53 Å². The summed E-state index contributed by atoms with van der Waals surface area (Å²) < 4.78 is 0. The van der Waals surface area contributed by atoms with E-state index in [4.69, 9.17) is 10.4 Å². The molecular formula is H3N2OP. The molecule has 0 saturated heterocycles. The highest BCUT2D eigenvalue weighted by Crippen LogP contribution is 0.905. The summed E-state index contributed by atoms with van der Waals surface area (Å²) in [6, 6.07) is 0. The second kappa shape index (κ2) is 15.1. The van der Waals surface area contributed by atoms with E-state index < -0.39 is 0 Å². The smallest absolute Gasteiger partial charge is 0.151 e. The molecular weight excluding hydrogens is 75.0 g/mol. The van der Waals surface area contributed by atoms with E-state index in [1.807, 2.05) is 0 Å². The molecule has 0 aromatic rings. The van der Waals surface area contributed by atoms with Crippen LogP contribution in [0.15, 0.2) is 0 Å². The van der Waals surface area contributed by atoms with E-state index in [-0.39, 0.29) is 9.90 Å². The van der Waals surface area contributed by atoms with Gasteiger partial charge in [-0.1, -0.05) is 0 Å². The minimum atomic E-state index is 0. The first-order chi connectivity index (χ1) is 1.41. The second-order valence-electron chi connectivity index (χ2n) is 0.0816. The van der Waals surface area contributed by atoms with Gasteiger partial charge in [-0.05, 0) is 0 Å². The van der Waals surface area contributed by atoms with E-state index in [1.165, 1.54) is 4.97 Å². The van der Waals surface area contributed by atoms with Gasteiger partial charge in [-0.25, -0.2) is 0 Å². The van der Waals surface area contributed by atoms with Crippen LogP contribution in [-0.2, 0) is 0 Å². The molecule has 0 aliphatic rings. The second-order valence-corrected chi connectivity index (χ2v) is 0.0816. The average molecular weight is 78.0 g/mol. The van der Waals surface area contributed by atoms with Crippen LogP contribution in [0.4, 0.5) is 0 Å². The van der Waals surface area contributed by atoms with E-state index in [9.17, 15) is 0 Å². The van der Waals surface area contributed by atoms with Gasteiger partial charge in [0.25, 0.3) is 0 Å². The summed E-state index contributed by atoms with van der Waals surface area (Å²) in [6.07, 6.45) is 0. The zero-order valence-corrected chi connectivity index (χ0v) is 3.42. The molecule has 4 heavy (non-hydrogen) atoms. The molecule has 0 radical (unpaired) electrons. The summed E-state index contributed by atoms with van der Waals surface area (Å²) in [5.41, 5.74) is 6.64. The monoisotopic (exact) mass is 78.0 g/mol. The highest BCUT2D eigenvalue weighted by atomic mass is 31.0. The Morgan fingerprint density at radius 1 is 1.75 bits per heavy atom. The highest BCUT2D eigenvalue weighted by molar-refractivity contribution is 6.92. The van der Waals surface area contributed by atoms with Crippen LogP contribution in [0, 0.1) is 4.91 Å². The lowest BCUT2D eigenvalue weighted by Gasteiger charge is -0.999. The number of nitrogens with zero attached hydrogens (tertiary/aromatic N) is 2. The van der Waals surface area contributed by atoms with E-state index in [2.05, 4.69) is 0 Å². The first kappa shape index (κ1) is 9.27. The molecule has 1 atom stereocenters. The first-order valence-electron chi connectivity index (χ1n) is 0.383. The third-order valence-corrected chi connectivity index (χ3v) is 0. The first-order valence-corrected chi connectivity index (χ1v) is 0.383. The lowest BCUT2D eigenvalue weighted by molar-refractivity contribution is 1.58. The van der Waals surface area contributed by atoms with Gasteiger partial charge in [0.15, 0.2) is 4.91 Å². The molecule has 0 spiro atoms. The van der Waals surface area contributed by atoms with Crippen molar-refractivity contribution in [3.8, 4) is 0 Å². The molecule has 0 saturated carbocycles. The molecule has 0 aliphatic heterocycles. The third-order valence-electron chi connectivity index (χ3n) is 0. The minimum Gasteiger partial charge on any atom is -0.294 e. The zero-order chi connectivity index (χ0) is 2.71. The number of hydrogen-bond donors (Lipinski definition) is 0. The summed E-state index contributed by atoms with van der Waals surface area (Å²) in [7, 11) is 0. The molecule has 1 unspecified atom stereocenters. The Labute approximate surface area is 26.5 Å². The van der Waals surface area contributed by atoms with Gasteiger partial charge in [0.1, 0.15) is 4.97 Å². The van der Waals surface area contributed by atoms with Crippen molar-refractivity contribution in [3.05, 3.63) is 10.4 Å². The molecule has 0 aromatic heterocycles. The summed E-state index contributed by atoms with van der Waals surface area (Å²) in [4.78, 5) is 9.36. The Bertz CT molecular complexity index is 27.0. The maximum absolute atomic E-state index is 8.11. The molecule has 0 aromatic carbocycles. The van der Waals surface area contributed by atoms with Gasteiger partial charge in [-0.15, -0.1) is 0 Å². The van der Waals surface area contributed by atoms with Crippen LogP contribution >= 0.6 is 9.90 Å². The quantitative estimate of drug-likeness (QED) is 0.227. The van der Waals surface area contributed by atoms with Crippen molar-refractivity contribution < 1.29 is 0 Å². The Kier molecular flexibility index (Phi) is 35.1. The van der Waals surface area contributed by atoms with Crippen molar-refractivity contribution >= 4 is 9.90 Å². The average Bonchev–Trinajstić information content (AvgIpc) is 0.918. The lowest BCUT2D eigenvalue weighted by Crippen LogP contribution is -1.21. The molecule has 0 bridgehead atoms. The normalized spacial score (nSPS) is 2.00. The lowest BCUT2D eigenvalue weighted by atomic mass is 13.2. The molecule has 3 nitrogen and oxygen atoms in total. The maximum atomic E-state index is 8.11. The summed E-state index contributed by atoms with van der Waals surface area (Å²) in [5.74, 6) is 0. The Hall–Kier alpha value is -0.260. The fourth-order valence-electron chi connectivity index (χ4n) is 0. The number of nitroso groups, excluding NO2 is 1. The largest absolute Gasteiger partial charge is 0.294 e. The van der Waals surface area contributed by atoms with Crippen molar-refractivity contribution in [1.82, 2.24) is 4.97 Å². The fraction of sp³-hybridized carbons (Fsp3) is 0. The Balaban J connectivity index is 0. The molecule has 24 valence electrons. The zero-order valence-electron chi connectivity index (χ0n) is 2.01. The third kappa shape index (κ3) is 14.1. The predicted octanol–water partition coefficient (Wildman–Crippen LogP) is -0.100. The molecule has 0 amide bonds. The molecule has 0 fully saturated rings. The van der Waals surface area contributed by atoms with Crippen LogP contribution in [-0.4, -0.2) is 0 Å². The van der Waals surface area contributed by atoms with Crippen molar-refractivity contribution in [3.63, 3.8) is 0 Å². The fourth-order valence-corrected chi connectivity index (χ4v) is 0. The summed E-state index contributed by atoms with van der Waals surface area (Å²) in [5, 5.41) is 0. The number of hydrogen-bond acceptors (Lipinski definition) is 1. The van der Waals surface area contributed by atoms with Gasteiger partial charge in [-0.2, -0.15) is 9.90 Å². The molecule has 0 heterocycles. The van der Waals surface area contributed by atoms with Gasteiger partial charge in [0.05, 0.1) is 0 Å². The summed E-state index contributed by atoms with van der Waals surface area (Å²) in [6.45, 7) is 0. The predicted molar refractivity (Wildman–Crippen MR) is 20.0 cm³/mol. The Morgan fingerprint density at radius 3 is 1.75 bits per heavy atom. The van der Waals surface area contributed by atoms with Gasteiger partial charge >= 0.3 is 0 Å². The van der Waals surface area contributed by atoms with Crippen molar-refractivity contribution in [1.29, 1.82) is 0 Å². The summed E-state index contributed by atoms with van der Waals surface area (Å²) >= 11 is 0. The van der Waals surface area contributed by atoms with E-state index in [0.717, 1.165) is 0 Å². The molecule has 0 N–H and O–H groups in total. The standard InChI is InChI=1S/N2O.H3P/c1-2-3;/h;1H3. The van der Waals surface area contributed by atoms with Gasteiger partial charge in [0.2, 0.25) is 0 Å². The SMILES string of the molecule is P.[N-]=[N+]=O. The Morgan fingerprint density at radius 2 is 1.75 bits per heavy atom. The molecule has 0 rings (SSSR count). The van der Waals surface area contributed by atoms with Gasteiger partial charge in [0, 0.05) is 0 Å². The molecule has 0 aliphatic carbocycles. The topological polar surface area (TPSA) is 53.5 Å². The van der Waals surface area contributed by atoms with E-state index in [0.29, 0.717) is 0 Å². The van der Waals surface area contributed by atoms with Crippen LogP contribution in [0.2, 0.25) is 0 Å². The maximum Gasteiger partial charge on any atom is 0.151 e. The van der Waals surface area contributed by atoms with Crippen LogP contribution in [0.25, 0.3) is 5.53 Å². The van der Waals surface area contributed by atoms with Crippen LogP contribution in [0.3, 0.4) is 0 Å². The van der Waals surface area contributed by atoms with Crippen molar-refractivity contribution in [2.24, 2.45) is 0 Å². The molecule has 4 heteroatoms. The van der Waals surface area contributed by atoms with E-state index >= 15 is 0 Å². The highest BCUT2D eigenvalue weighted by Gasteiger charge is 1.06. The van der Waals surface area contributed by atoms with Crippen LogP contribution < -0.4 is 4.97 Å².